The summed E-state index contributed by atoms with van der Waals surface area (Å²) in [5, 5.41) is 3.47. The highest BCUT2D eigenvalue weighted by Gasteiger charge is 2.19. The van der Waals surface area contributed by atoms with Crippen LogP contribution in [0.4, 0.5) is 5.69 Å². The van der Waals surface area contributed by atoms with E-state index in [1.807, 2.05) is 19.2 Å². The zero-order valence-corrected chi connectivity index (χ0v) is 16.9. The fourth-order valence-corrected chi connectivity index (χ4v) is 3.08. The van der Waals surface area contributed by atoms with Crippen LogP contribution in [0.5, 0.6) is 5.75 Å². The van der Waals surface area contributed by atoms with Crippen LogP contribution >= 0.6 is 0 Å². The van der Waals surface area contributed by atoms with Gasteiger partial charge in [-0.2, -0.15) is 0 Å². The van der Waals surface area contributed by atoms with Gasteiger partial charge in [0.2, 0.25) is 0 Å². The second kappa shape index (κ2) is 12.4. The Bertz CT molecular complexity index is 543. The highest BCUT2D eigenvalue weighted by molar-refractivity contribution is 5.80. The molecule has 152 valence electrons. The molecule has 27 heavy (non-hydrogen) atoms. The summed E-state index contributed by atoms with van der Waals surface area (Å²) in [5.41, 5.74) is 1.24. The molecular formula is C20H34N4O3. The van der Waals surface area contributed by atoms with Crippen LogP contribution in [0.15, 0.2) is 29.3 Å². The molecule has 7 nitrogen and oxygen atoms in total. The van der Waals surface area contributed by atoms with Crippen LogP contribution in [0.1, 0.15) is 12.8 Å². The number of hydrogen-bond acceptors (Lipinski definition) is 5. The van der Waals surface area contributed by atoms with Crippen LogP contribution in [0.3, 0.4) is 0 Å². The van der Waals surface area contributed by atoms with Crippen LogP contribution in [0.25, 0.3) is 0 Å². The second-order valence-corrected chi connectivity index (χ2v) is 6.46. The molecule has 0 saturated carbocycles. The van der Waals surface area contributed by atoms with Crippen LogP contribution in [-0.4, -0.2) is 84.7 Å². The van der Waals surface area contributed by atoms with Crippen molar-refractivity contribution in [1.82, 2.24) is 10.2 Å². The van der Waals surface area contributed by atoms with Gasteiger partial charge in [0.1, 0.15) is 5.75 Å². The molecule has 1 heterocycles. The van der Waals surface area contributed by atoms with Gasteiger partial charge in [0.05, 0.1) is 20.3 Å². The Balaban J connectivity index is 1.65. The minimum atomic E-state index is 0.660. The first-order valence-electron chi connectivity index (χ1n) is 9.69. The molecule has 1 saturated heterocycles. The summed E-state index contributed by atoms with van der Waals surface area (Å²) in [7, 11) is 5.24. The van der Waals surface area contributed by atoms with Gasteiger partial charge in [-0.25, -0.2) is 0 Å². The molecule has 0 atom stereocenters. The number of ether oxygens (including phenoxy) is 3. The molecule has 7 heteroatoms. The predicted molar refractivity (Wildman–Crippen MR) is 110 cm³/mol. The number of rotatable bonds is 10. The van der Waals surface area contributed by atoms with E-state index in [1.54, 1.807) is 14.2 Å². The van der Waals surface area contributed by atoms with Gasteiger partial charge in [0.15, 0.2) is 5.96 Å². The average Bonchev–Trinajstić information content (AvgIpc) is 2.73. The SMILES string of the molecule is CN=C(NCCCCOCCOC)N1CCN(c2ccc(OC)cc2)CC1. The molecule has 0 unspecified atom stereocenters. The minimum absolute atomic E-state index is 0.660. The van der Waals surface area contributed by atoms with Crippen molar-refractivity contribution in [2.24, 2.45) is 4.99 Å². The zero-order valence-electron chi connectivity index (χ0n) is 16.9. The predicted octanol–water partition coefficient (Wildman–Crippen LogP) is 1.84. The Kier molecular flexibility index (Phi) is 9.79. The first-order chi connectivity index (χ1) is 13.3. The third-order valence-corrected chi connectivity index (χ3v) is 4.66. The standard InChI is InChI=1S/C20H34N4O3/c1-21-20(22-10-4-5-15-27-17-16-25-2)24-13-11-23(12-14-24)18-6-8-19(26-3)9-7-18/h6-9H,4-5,10-17H2,1-3H3,(H,21,22). The maximum atomic E-state index is 5.49. The summed E-state index contributed by atoms with van der Waals surface area (Å²) < 4.78 is 15.7. The van der Waals surface area contributed by atoms with Gasteiger partial charge >= 0.3 is 0 Å². The molecule has 1 aliphatic heterocycles. The lowest BCUT2D eigenvalue weighted by atomic mass is 10.2. The summed E-state index contributed by atoms with van der Waals surface area (Å²) in [5.74, 6) is 1.88. The third kappa shape index (κ3) is 7.27. The van der Waals surface area contributed by atoms with Crippen LogP contribution in [0.2, 0.25) is 0 Å². The molecule has 0 aromatic heterocycles. The first kappa shape index (κ1) is 21.3. The minimum Gasteiger partial charge on any atom is -0.497 e. The van der Waals surface area contributed by atoms with Crippen LogP contribution in [-0.2, 0) is 9.47 Å². The highest BCUT2D eigenvalue weighted by atomic mass is 16.5. The molecule has 0 radical (unpaired) electrons. The van der Waals surface area contributed by atoms with Crippen molar-refractivity contribution in [3.05, 3.63) is 24.3 Å². The fraction of sp³-hybridized carbons (Fsp3) is 0.650. The van der Waals surface area contributed by atoms with E-state index in [4.69, 9.17) is 14.2 Å². The van der Waals surface area contributed by atoms with Gasteiger partial charge in [-0.1, -0.05) is 0 Å². The lowest BCUT2D eigenvalue weighted by Crippen LogP contribution is -2.52. The van der Waals surface area contributed by atoms with E-state index in [1.165, 1.54) is 5.69 Å². The van der Waals surface area contributed by atoms with Crippen molar-refractivity contribution in [3.63, 3.8) is 0 Å². The number of nitrogens with zero attached hydrogens (tertiary/aromatic N) is 3. The van der Waals surface area contributed by atoms with E-state index in [9.17, 15) is 0 Å². The third-order valence-electron chi connectivity index (χ3n) is 4.66. The normalized spacial score (nSPS) is 15.1. The Hall–Kier alpha value is -1.99. The highest BCUT2D eigenvalue weighted by Crippen LogP contribution is 2.20. The number of nitrogens with one attached hydrogen (secondary N) is 1. The Labute approximate surface area is 163 Å². The fourth-order valence-electron chi connectivity index (χ4n) is 3.08. The summed E-state index contributed by atoms with van der Waals surface area (Å²) in [4.78, 5) is 9.17. The largest absolute Gasteiger partial charge is 0.497 e. The quantitative estimate of drug-likeness (QED) is 0.381. The van der Waals surface area contributed by atoms with E-state index < -0.39 is 0 Å². The number of aliphatic imine (C=N–C) groups is 1. The number of anilines is 1. The topological polar surface area (TPSA) is 58.6 Å². The first-order valence-corrected chi connectivity index (χ1v) is 9.69. The van der Waals surface area contributed by atoms with Crippen LogP contribution in [0, 0.1) is 0 Å². The molecule has 0 bridgehead atoms. The molecule has 1 aromatic carbocycles. The average molecular weight is 379 g/mol. The lowest BCUT2D eigenvalue weighted by Gasteiger charge is -2.37. The Morgan fingerprint density at radius 3 is 2.37 bits per heavy atom. The van der Waals surface area contributed by atoms with E-state index in [2.05, 4.69) is 32.2 Å². The summed E-state index contributed by atoms with van der Waals surface area (Å²) >= 11 is 0. The zero-order chi connectivity index (χ0) is 19.3. The van der Waals surface area contributed by atoms with E-state index in [0.717, 1.165) is 63.9 Å². The van der Waals surface area contributed by atoms with Crippen molar-refractivity contribution in [2.75, 3.05) is 78.7 Å². The molecule has 1 N–H and O–H groups in total. The maximum Gasteiger partial charge on any atom is 0.193 e. The molecule has 1 aliphatic rings. The summed E-state index contributed by atoms with van der Waals surface area (Å²) in [6.07, 6.45) is 2.11. The van der Waals surface area contributed by atoms with E-state index in [-0.39, 0.29) is 0 Å². The molecule has 0 aliphatic carbocycles. The molecule has 1 fully saturated rings. The Morgan fingerprint density at radius 2 is 1.74 bits per heavy atom. The van der Waals surface area contributed by atoms with Gasteiger partial charge in [0.25, 0.3) is 0 Å². The number of unbranched alkanes of at least 4 members (excludes halogenated alkanes) is 1. The number of benzene rings is 1. The van der Waals surface area contributed by atoms with Gasteiger partial charge in [-0.05, 0) is 37.1 Å². The van der Waals surface area contributed by atoms with Gasteiger partial charge in [-0.15, -0.1) is 0 Å². The number of methoxy groups -OCH3 is 2. The monoisotopic (exact) mass is 378 g/mol. The maximum absolute atomic E-state index is 5.49. The van der Waals surface area contributed by atoms with Crippen molar-refractivity contribution < 1.29 is 14.2 Å². The molecule has 2 rings (SSSR count). The smallest absolute Gasteiger partial charge is 0.193 e. The Morgan fingerprint density at radius 1 is 1.00 bits per heavy atom. The second-order valence-electron chi connectivity index (χ2n) is 6.46. The van der Waals surface area contributed by atoms with E-state index >= 15 is 0 Å². The summed E-state index contributed by atoms with van der Waals surface area (Å²) in [6.45, 7) is 6.93. The molecular weight excluding hydrogens is 344 g/mol. The van der Waals surface area contributed by atoms with Gasteiger partial charge < -0.3 is 29.3 Å². The van der Waals surface area contributed by atoms with Crippen molar-refractivity contribution in [3.8, 4) is 5.75 Å². The van der Waals surface area contributed by atoms with Crippen LogP contribution < -0.4 is 15.0 Å². The summed E-state index contributed by atoms with van der Waals surface area (Å²) in [6, 6.07) is 8.27. The molecule has 0 spiro atoms. The molecule has 1 aromatic rings. The number of hydrogen-bond donors (Lipinski definition) is 1. The number of piperazine rings is 1. The van der Waals surface area contributed by atoms with Gasteiger partial charge in [0, 0.05) is 59.2 Å². The molecule has 0 amide bonds. The van der Waals surface area contributed by atoms with Gasteiger partial charge in [-0.3, -0.25) is 4.99 Å². The van der Waals surface area contributed by atoms with Crippen molar-refractivity contribution >= 4 is 11.6 Å². The van der Waals surface area contributed by atoms with E-state index in [0.29, 0.717) is 13.2 Å². The number of guanidine groups is 1. The lowest BCUT2D eigenvalue weighted by molar-refractivity contribution is 0.0689. The van der Waals surface area contributed by atoms with Crippen molar-refractivity contribution in [2.45, 2.75) is 12.8 Å². The van der Waals surface area contributed by atoms with Crippen molar-refractivity contribution in [1.29, 1.82) is 0 Å².